The van der Waals surface area contributed by atoms with Gasteiger partial charge in [-0.25, -0.2) is 15.8 Å². The maximum Gasteiger partial charge on any atom is 0.148 e. The van der Waals surface area contributed by atoms with E-state index >= 15 is 0 Å². The molecule has 2 heterocycles. The highest BCUT2D eigenvalue weighted by atomic mass is 16.5. The fourth-order valence-electron chi connectivity index (χ4n) is 1.61. The molecular weight excluding hydrogens is 244 g/mol. The Morgan fingerprint density at radius 2 is 2.05 bits per heavy atom. The van der Waals surface area contributed by atoms with E-state index in [1.807, 2.05) is 20.8 Å². The lowest BCUT2D eigenvalue weighted by atomic mass is 10.2. The van der Waals surface area contributed by atoms with Crippen LogP contribution in [0.3, 0.4) is 0 Å². The lowest BCUT2D eigenvalue weighted by Gasteiger charge is -2.14. The number of nitrogens with one attached hydrogen (secondary N) is 2. The molecule has 0 saturated carbocycles. The Hall–Kier alpha value is -2.15. The summed E-state index contributed by atoms with van der Waals surface area (Å²) in [5.74, 6) is 7.81. The number of nitrogen functional groups attached to an aromatic ring is 1. The van der Waals surface area contributed by atoms with E-state index in [1.54, 1.807) is 6.07 Å². The highest BCUT2D eigenvalue weighted by Crippen LogP contribution is 2.22. The fourth-order valence-corrected chi connectivity index (χ4v) is 1.61. The molecule has 2 aromatic rings. The van der Waals surface area contributed by atoms with Crippen molar-refractivity contribution >= 4 is 11.6 Å². The minimum Gasteiger partial charge on any atom is -0.364 e. The SMILES string of the molecule is Cc1c(NN)nc(C(C)C)nc1NCc1ccon1. The van der Waals surface area contributed by atoms with E-state index < -0.39 is 0 Å². The summed E-state index contributed by atoms with van der Waals surface area (Å²) in [6.07, 6.45) is 1.54. The summed E-state index contributed by atoms with van der Waals surface area (Å²) < 4.78 is 4.78. The molecule has 0 amide bonds. The van der Waals surface area contributed by atoms with Crippen LogP contribution >= 0.6 is 0 Å². The molecule has 7 nitrogen and oxygen atoms in total. The topological polar surface area (TPSA) is 102 Å². The van der Waals surface area contributed by atoms with Gasteiger partial charge in [-0.3, -0.25) is 0 Å². The summed E-state index contributed by atoms with van der Waals surface area (Å²) in [7, 11) is 0. The third-order valence-corrected chi connectivity index (χ3v) is 2.74. The normalized spacial score (nSPS) is 10.8. The summed E-state index contributed by atoms with van der Waals surface area (Å²) in [6.45, 7) is 6.51. The zero-order valence-corrected chi connectivity index (χ0v) is 11.3. The van der Waals surface area contributed by atoms with E-state index in [-0.39, 0.29) is 5.92 Å². The van der Waals surface area contributed by atoms with E-state index in [9.17, 15) is 0 Å². The van der Waals surface area contributed by atoms with Crippen molar-refractivity contribution in [2.24, 2.45) is 5.84 Å². The fraction of sp³-hybridized carbons (Fsp3) is 0.417. The van der Waals surface area contributed by atoms with Gasteiger partial charge in [0.15, 0.2) is 0 Å². The van der Waals surface area contributed by atoms with Crippen molar-refractivity contribution in [1.29, 1.82) is 0 Å². The van der Waals surface area contributed by atoms with E-state index in [4.69, 9.17) is 10.4 Å². The standard InChI is InChI=1S/C12H18N6O/c1-7(2)10-15-11(8(3)12(16-10)17-13)14-6-9-4-5-19-18-9/h4-5,7H,6,13H2,1-3H3,(H2,14,15,16,17). The second kappa shape index (κ2) is 5.66. The Kier molecular flexibility index (Phi) is 3.96. The molecule has 0 atom stereocenters. The van der Waals surface area contributed by atoms with Crippen LogP contribution in [0.4, 0.5) is 11.6 Å². The Morgan fingerprint density at radius 3 is 2.63 bits per heavy atom. The number of rotatable bonds is 5. The second-order valence-corrected chi connectivity index (χ2v) is 4.55. The Morgan fingerprint density at radius 1 is 1.32 bits per heavy atom. The van der Waals surface area contributed by atoms with Gasteiger partial charge in [0.1, 0.15) is 29.4 Å². The molecule has 0 aliphatic heterocycles. The van der Waals surface area contributed by atoms with Gasteiger partial charge in [-0.05, 0) is 6.92 Å². The van der Waals surface area contributed by atoms with Crippen LogP contribution in [-0.2, 0) is 6.54 Å². The summed E-state index contributed by atoms with van der Waals surface area (Å²) in [5.41, 5.74) is 4.28. The van der Waals surface area contributed by atoms with Gasteiger partial charge in [0.25, 0.3) is 0 Å². The van der Waals surface area contributed by atoms with E-state index in [1.165, 1.54) is 6.26 Å². The molecule has 102 valence electrons. The Labute approximate surface area is 111 Å². The van der Waals surface area contributed by atoms with Crippen molar-refractivity contribution in [3.8, 4) is 0 Å². The Balaban J connectivity index is 2.24. The number of hydrogen-bond donors (Lipinski definition) is 3. The van der Waals surface area contributed by atoms with Crippen LogP contribution in [0.1, 0.15) is 36.8 Å². The number of hydrazine groups is 1. The van der Waals surface area contributed by atoms with Gasteiger partial charge in [0.05, 0.1) is 6.54 Å². The van der Waals surface area contributed by atoms with Crippen molar-refractivity contribution in [2.45, 2.75) is 33.2 Å². The molecule has 0 radical (unpaired) electrons. The summed E-state index contributed by atoms with van der Waals surface area (Å²) in [6, 6.07) is 1.80. The number of aromatic nitrogens is 3. The van der Waals surface area contributed by atoms with Crippen LogP contribution < -0.4 is 16.6 Å². The van der Waals surface area contributed by atoms with Gasteiger partial charge in [0, 0.05) is 17.5 Å². The molecule has 0 bridgehead atoms. The largest absolute Gasteiger partial charge is 0.364 e. The zero-order valence-electron chi connectivity index (χ0n) is 11.3. The van der Waals surface area contributed by atoms with Crippen LogP contribution in [-0.4, -0.2) is 15.1 Å². The average Bonchev–Trinajstić information content (AvgIpc) is 2.90. The maximum atomic E-state index is 5.48. The first-order valence-corrected chi connectivity index (χ1v) is 6.10. The van der Waals surface area contributed by atoms with Crippen LogP contribution in [0, 0.1) is 6.92 Å². The van der Waals surface area contributed by atoms with Crippen LogP contribution in [0.25, 0.3) is 0 Å². The first-order valence-electron chi connectivity index (χ1n) is 6.10. The predicted octanol–water partition coefficient (Wildman–Crippen LogP) is 1.79. The van der Waals surface area contributed by atoms with Gasteiger partial charge in [-0.1, -0.05) is 19.0 Å². The highest BCUT2D eigenvalue weighted by molar-refractivity contribution is 5.56. The molecule has 7 heteroatoms. The molecule has 0 saturated heterocycles. The average molecular weight is 262 g/mol. The number of hydrogen-bond acceptors (Lipinski definition) is 7. The quantitative estimate of drug-likeness (QED) is 0.557. The molecule has 0 aromatic carbocycles. The summed E-state index contributed by atoms with van der Waals surface area (Å²) in [4.78, 5) is 8.88. The highest BCUT2D eigenvalue weighted by Gasteiger charge is 2.12. The van der Waals surface area contributed by atoms with Crippen LogP contribution in [0.15, 0.2) is 16.9 Å². The molecule has 2 rings (SSSR count). The number of nitrogens with zero attached hydrogens (tertiary/aromatic N) is 3. The smallest absolute Gasteiger partial charge is 0.148 e. The monoisotopic (exact) mass is 262 g/mol. The van der Waals surface area contributed by atoms with Gasteiger partial charge < -0.3 is 15.3 Å². The molecule has 0 aliphatic rings. The molecule has 4 N–H and O–H groups in total. The second-order valence-electron chi connectivity index (χ2n) is 4.55. The van der Waals surface area contributed by atoms with Crippen molar-refractivity contribution in [1.82, 2.24) is 15.1 Å². The van der Waals surface area contributed by atoms with Crippen LogP contribution in [0.2, 0.25) is 0 Å². The third kappa shape index (κ3) is 3.00. The van der Waals surface area contributed by atoms with Crippen molar-refractivity contribution < 1.29 is 4.52 Å². The van der Waals surface area contributed by atoms with Crippen molar-refractivity contribution in [3.63, 3.8) is 0 Å². The van der Waals surface area contributed by atoms with Gasteiger partial charge in [-0.2, -0.15) is 0 Å². The van der Waals surface area contributed by atoms with Crippen LogP contribution in [0.5, 0.6) is 0 Å². The first kappa shape index (κ1) is 13.3. The first-order chi connectivity index (χ1) is 9.11. The van der Waals surface area contributed by atoms with Gasteiger partial charge >= 0.3 is 0 Å². The molecular formula is C12H18N6O. The summed E-state index contributed by atoms with van der Waals surface area (Å²) >= 11 is 0. The van der Waals surface area contributed by atoms with E-state index in [0.29, 0.717) is 12.4 Å². The summed E-state index contributed by atoms with van der Waals surface area (Å²) in [5, 5.41) is 7.06. The minimum atomic E-state index is 0.223. The van der Waals surface area contributed by atoms with Gasteiger partial charge in [0.2, 0.25) is 0 Å². The lowest BCUT2D eigenvalue weighted by molar-refractivity contribution is 0.412. The number of nitrogens with two attached hydrogens (primary N) is 1. The van der Waals surface area contributed by atoms with E-state index in [0.717, 1.165) is 22.9 Å². The molecule has 0 spiro atoms. The molecule has 19 heavy (non-hydrogen) atoms. The third-order valence-electron chi connectivity index (χ3n) is 2.74. The Bertz CT molecular complexity index is 537. The lowest BCUT2D eigenvalue weighted by Crippen LogP contribution is -2.15. The van der Waals surface area contributed by atoms with E-state index in [2.05, 4.69) is 25.9 Å². The maximum absolute atomic E-state index is 5.48. The molecule has 0 aliphatic carbocycles. The zero-order chi connectivity index (χ0) is 13.8. The molecule has 2 aromatic heterocycles. The van der Waals surface area contributed by atoms with Gasteiger partial charge in [-0.15, -0.1) is 0 Å². The van der Waals surface area contributed by atoms with Crippen molar-refractivity contribution in [3.05, 3.63) is 29.4 Å². The molecule has 0 unspecified atom stereocenters. The minimum absolute atomic E-state index is 0.223. The van der Waals surface area contributed by atoms with Crippen molar-refractivity contribution in [2.75, 3.05) is 10.7 Å². The number of anilines is 2. The predicted molar refractivity (Wildman–Crippen MR) is 72.5 cm³/mol. The molecule has 0 fully saturated rings.